The molecule has 1 amide bonds. The Morgan fingerprint density at radius 2 is 2.14 bits per heavy atom. The summed E-state index contributed by atoms with van der Waals surface area (Å²) in [4.78, 5) is 11.7. The highest BCUT2D eigenvalue weighted by Crippen LogP contribution is 2.10. The third kappa shape index (κ3) is 8.57. The maximum Gasteiger partial charge on any atom is 0.235 e. The van der Waals surface area contributed by atoms with Gasteiger partial charge in [-0.3, -0.25) is 4.79 Å². The SMILES string of the molecule is CCOCCS(=O)(=O)NCC(=O)NC1CNCCC1C.Cl. The molecule has 9 heteroatoms. The van der Waals surface area contributed by atoms with Gasteiger partial charge in [0.2, 0.25) is 15.9 Å². The van der Waals surface area contributed by atoms with Crippen LogP contribution in [0.2, 0.25) is 0 Å². The molecule has 0 aromatic heterocycles. The first-order chi connectivity index (χ1) is 9.44. The number of nitrogens with one attached hydrogen (secondary N) is 3. The molecule has 3 N–H and O–H groups in total. The summed E-state index contributed by atoms with van der Waals surface area (Å²) in [6.45, 7) is 5.95. The van der Waals surface area contributed by atoms with Gasteiger partial charge in [-0.2, -0.15) is 0 Å². The number of hydrogen-bond donors (Lipinski definition) is 3. The van der Waals surface area contributed by atoms with Crippen LogP contribution in [0, 0.1) is 5.92 Å². The van der Waals surface area contributed by atoms with Gasteiger partial charge in [0.05, 0.1) is 18.9 Å². The summed E-state index contributed by atoms with van der Waals surface area (Å²) in [5.74, 6) is -0.0320. The average Bonchev–Trinajstić information content (AvgIpc) is 2.40. The summed E-state index contributed by atoms with van der Waals surface area (Å²) >= 11 is 0. The third-order valence-corrected chi connectivity index (χ3v) is 4.62. The molecule has 1 heterocycles. The van der Waals surface area contributed by atoms with Crippen molar-refractivity contribution in [1.29, 1.82) is 0 Å². The highest BCUT2D eigenvalue weighted by atomic mass is 35.5. The van der Waals surface area contributed by atoms with Crippen LogP contribution in [-0.4, -0.2) is 59.0 Å². The molecular formula is C12H26ClN3O4S. The molecule has 2 unspecified atom stereocenters. The summed E-state index contributed by atoms with van der Waals surface area (Å²) < 4.78 is 30.4. The molecule has 1 fully saturated rings. The first-order valence-corrected chi connectivity index (χ1v) is 8.65. The maximum atomic E-state index is 11.7. The van der Waals surface area contributed by atoms with E-state index >= 15 is 0 Å². The molecule has 126 valence electrons. The predicted octanol–water partition coefficient (Wildman–Crippen LogP) is -0.522. The van der Waals surface area contributed by atoms with Gasteiger partial charge in [0.15, 0.2) is 0 Å². The molecular weight excluding hydrogens is 318 g/mol. The molecule has 0 radical (unpaired) electrons. The molecule has 1 rings (SSSR count). The van der Waals surface area contributed by atoms with Crippen molar-refractivity contribution >= 4 is 28.3 Å². The van der Waals surface area contributed by atoms with Crippen molar-refractivity contribution < 1.29 is 17.9 Å². The van der Waals surface area contributed by atoms with E-state index in [9.17, 15) is 13.2 Å². The van der Waals surface area contributed by atoms with Gasteiger partial charge < -0.3 is 15.4 Å². The summed E-state index contributed by atoms with van der Waals surface area (Å²) in [6.07, 6.45) is 1.00. The van der Waals surface area contributed by atoms with Crippen LogP contribution in [0.25, 0.3) is 0 Å². The smallest absolute Gasteiger partial charge is 0.235 e. The minimum Gasteiger partial charge on any atom is -0.381 e. The van der Waals surface area contributed by atoms with Gasteiger partial charge in [0, 0.05) is 19.2 Å². The van der Waals surface area contributed by atoms with Crippen LogP contribution in [-0.2, 0) is 19.6 Å². The zero-order valence-corrected chi connectivity index (χ0v) is 14.2. The topological polar surface area (TPSA) is 96.5 Å². The fourth-order valence-electron chi connectivity index (χ4n) is 2.00. The average molecular weight is 344 g/mol. The second-order valence-electron chi connectivity index (χ2n) is 4.98. The molecule has 1 aliphatic rings. The van der Waals surface area contributed by atoms with Crippen molar-refractivity contribution in [2.75, 3.05) is 38.6 Å². The second kappa shape index (κ2) is 10.3. The Kier molecular flexibility index (Phi) is 10.1. The van der Waals surface area contributed by atoms with E-state index in [0.717, 1.165) is 19.5 Å². The van der Waals surface area contributed by atoms with E-state index < -0.39 is 10.0 Å². The minimum absolute atomic E-state index is 0. The van der Waals surface area contributed by atoms with E-state index in [2.05, 4.69) is 22.3 Å². The van der Waals surface area contributed by atoms with Gasteiger partial charge in [-0.1, -0.05) is 6.92 Å². The molecule has 0 spiro atoms. The fourth-order valence-corrected chi connectivity index (χ4v) is 2.83. The normalized spacial score (nSPS) is 22.4. The minimum atomic E-state index is -3.45. The molecule has 0 saturated carbocycles. The Morgan fingerprint density at radius 1 is 1.43 bits per heavy atom. The zero-order valence-electron chi connectivity index (χ0n) is 12.6. The van der Waals surface area contributed by atoms with Crippen LogP contribution in [0.1, 0.15) is 20.3 Å². The van der Waals surface area contributed by atoms with Gasteiger partial charge in [-0.05, 0) is 25.8 Å². The zero-order chi connectivity index (χ0) is 15.0. The highest BCUT2D eigenvalue weighted by molar-refractivity contribution is 7.89. The number of sulfonamides is 1. The molecule has 7 nitrogen and oxygen atoms in total. The van der Waals surface area contributed by atoms with Crippen LogP contribution < -0.4 is 15.4 Å². The van der Waals surface area contributed by atoms with E-state index in [1.54, 1.807) is 6.92 Å². The monoisotopic (exact) mass is 343 g/mol. The van der Waals surface area contributed by atoms with Crippen molar-refractivity contribution in [1.82, 2.24) is 15.4 Å². The fraction of sp³-hybridized carbons (Fsp3) is 0.917. The molecule has 21 heavy (non-hydrogen) atoms. The first kappa shape index (κ1) is 20.6. The lowest BCUT2D eigenvalue weighted by molar-refractivity contribution is -0.121. The van der Waals surface area contributed by atoms with Crippen molar-refractivity contribution in [2.24, 2.45) is 5.92 Å². The van der Waals surface area contributed by atoms with Gasteiger partial charge in [0.25, 0.3) is 0 Å². The van der Waals surface area contributed by atoms with Gasteiger partial charge in [-0.15, -0.1) is 12.4 Å². The summed E-state index contributed by atoms with van der Waals surface area (Å²) in [6, 6.07) is 0.0594. The summed E-state index contributed by atoms with van der Waals surface area (Å²) in [5, 5.41) is 6.06. The Labute approximate surface area is 133 Å². The van der Waals surface area contributed by atoms with Crippen LogP contribution in [0.5, 0.6) is 0 Å². The number of piperidine rings is 1. The number of carbonyl (C=O) groups is 1. The van der Waals surface area contributed by atoms with E-state index in [-0.39, 0.29) is 43.3 Å². The standard InChI is InChI=1S/C12H25N3O4S.ClH/c1-3-19-6-7-20(17,18)14-9-12(16)15-11-8-13-5-4-10(11)2;/h10-11,13-14H,3-9H2,1-2H3,(H,15,16);1H. The Bertz CT molecular complexity index is 405. The van der Waals surface area contributed by atoms with Crippen LogP contribution in [0.3, 0.4) is 0 Å². The number of amides is 1. The largest absolute Gasteiger partial charge is 0.381 e. The molecule has 0 aromatic carbocycles. The second-order valence-corrected chi connectivity index (χ2v) is 6.91. The highest BCUT2D eigenvalue weighted by Gasteiger charge is 2.23. The predicted molar refractivity (Wildman–Crippen MR) is 84.1 cm³/mol. The lowest BCUT2D eigenvalue weighted by Gasteiger charge is -2.30. The lowest BCUT2D eigenvalue weighted by atomic mass is 9.95. The summed E-state index contributed by atoms with van der Waals surface area (Å²) in [5.41, 5.74) is 0. The van der Waals surface area contributed by atoms with Crippen molar-refractivity contribution in [3.63, 3.8) is 0 Å². The molecule has 0 aromatic rings. The number of rotatable bonds is 8. The van der Waals surface area contributed by atoms with Gasteiger partial charge in [-0.25, -0.2) is 13.1 Å². The molecule has 0 aliphatic carbocycles. The molecule has 0 bridgehead atoms. The Balaban J connectivity index is 0.00000400. The van der Waals surface area contributed by atoms with Crippen LogP contribution in [0.15, 0.2) is 0 Å². The maximum absolute atomic E-state index is 11.7. The first-order valence-electron chi connectivity index (χ1n) is 6.99. The van der Waals surface area contributed by atoms with E-state index in [0.29, 0.717) is 12.5 Å². The van der Waals surface area contributed by atoms with Crippen molar-refractivity contribution in [3.8, 4) is 0 Å². The Morgan fingerprint density at radius 3 is 2.76 bits per heavy atom. The number of carbonyl (C=O) groups excluding carboxylic acids is 1. The van der Waals surface area contributed by atoms with Crippen molar-refractivity contribution in [3.05, 3.63) is 0 Å². The third-order valence-electron chi connectivity index (χ3n) is 3.33. The van der Waals surface area contributed by atoms with Crippen molar-refractivity contribution in [2.45, 2.75) is 26.3 Å². The van der Waals surface area contributed by atoms with E-state index in [1.807, 2.05) is 0 Å². The number of ether oxygens (including phenoxy) is 1. The molecule has 1 saturated heterocycles. The van der Waals surface area contributed by atoms with Crippen LogP contribution >= 0.6 is 12.4 Å². The number of halogens is 1. The van der Waals surface area contributed by atoms with Crippen LogP contribution in [0.4, 0.5) is 0 Å². The van der Waals surface area contributed by atoms with Gasteiger partial charge in [0.1, 0.15) is 0 Å². The Hall–Kier alpha value is -0.410. The summed E-state index contributed by atoms with van der Waals surface area (Å²) in [7, 11) is -3.45. The quantitative estimate of drug-likeness (QED) is 0.515. The number of hydrogen-bond acceptors (Lipinski definition) is 5. The van der Waals surface area contributed by atoms with E-state index in [4.69, 9.17) is 4.74 Å². The molecule has 1 aliphatic heterocycles. The lowest BCUT2D eigenvalue weighted by Crippen LogP contribution is -2.52. The van der Waals surface area contributed by atoms with Gasteiger partial charge >= 0.3 is 0 Å². The molecule has 2 atom stereocenters. The van der Waals surface area contributed by atoms with E-state index in [1.165, 1.54) is 0 Å².